The molecule has 0 saturated carbocycles. The van der Waals surface area contributed by atoms with E-state index in [1.807, 2.05) is 0 Å². The summed E-state index contributed by atoms with van der Waals surface area (Å²) in [6, 6.07) is 6.71. The summed E-state index contributed by atoms with van der Waals surface area (Å²) in [5.74, 6) is -1.99. The Kier molecular flexibility index (Phi) is 3.81. The average molecular weight is 295 g/mol. The van der Waals surface area contributed by atoms with E-state index in [0.29, 0.717) is 16.9 Å². The first-order valence-electron chi connectivity index (χ1n) is 5.74. The molecule has 4 N–H and O–H groups in total. The van der Waals surface area contributed by atoms with Gasteiger partial charge in [0.1, 0.15) is 17.1 Å². The Morgan fingerprint density at radius 1 is 1.40 bits per heavy atom. The van der Waals surface area contributed by atoms with Crippen molar-refractivity contribution >= 4 is 28.9 Å². The lowest BCUT2D eigenvalue weighted by molar-refractivity contribution is 0.102. The van der Waals surface area contributed by atoms with Gasteiger partial charge in [0.25, 0.3) is 5.91 Å². The molecule has 0 radical (unpaired) electrons. The van der Waals surface area contributed by atoms with E-state index in [-0.39, 0.29) is 5.02 Å². The van der Waals surface area contributed by atoms with Crippen LogP contribution in [0.2, 0.25) is 5.02 Å². The maximum Gasteiger partial charge on any atom is 0.262 e. The summed E-state index contributed by atoms with van der Waals surface area (Å²) in [5, 5.41) is 12.3. The lowest BCUT2D eigenvalue weighted by Crippen LogP contribution is -2.15. The van der Waals surface area contributed by atoms with E-state index in [1.165, 1.54) is 18.2 Å². The standard InChI is InChI=1S/C14H12ClFN2O2/c1-7-5-10(17)8(15)6-11(7)18-14(20)13-9(16)3-2-4-12(13)19/h2-6,19H,17H2,1H3,(H,18,20). The van der Waals surface area contributed by atoms with Gasteiger partial charge in [-0.2, -0.15) is 0 Å². The molecule has 0 fully saturated rings. The Morgan fingerprint density at radius 2 is 2.10 bits per heavy atom. The Bertz CT molecular complexity index is 669. The van der Waals surface area contributed by atoms with E-state index in [9.17, 15) is 14.3 Å². The van der Waals surface area contributed by atoms with Crippen molar-refractivity contribution < 1.29 is 14.3 Å². The Labute approximate surface area is 120 Å². The number of hydrogen-bond donors (Lipinski definition) is 3. The van der Waals surface area contributed by atoms with Gasteiger partial charge in [0, 0.05) is 5.69 Å². The van der Waals surface area contributed by atoms with Crippen LogP contribution in [0.4, 0.5) is 15.8 Å². The second kappa shape index (κ2) is 5.38. The molecule has 0 heterocycles. The van der Waals surface area contributed by atoms with Crippen molar-refractivity contribution in [1.29, 1.82) is 0 Å². The molecule has 0 aliphatic carbocycles. The van der Waals surface area contributed by atoms with Crippen LogP contribution in [0.1, 0.15) is 15.9 Å². The summed E-state index contributed by atoms with van der Waals surface area (Å²) in [4.78, 5) is 12.0. The molecule has 0 atom stereocenters. The smallest absolute Gasteiger partial charge is 0.262 e. The third-order valence-corrected chi connectivity index (χ3v) is 3.14. The zero-order valence-electron chi connectivity index (χ0n) is 10.6. The third-order valence-electron chi connectivity index (χ3n) is 2.81. The Hall–Kier alpha value is -2.27. The van der Waals surface area contributed by atoms with E-state index in [2.05, 4.69) is 5.32 Å². The van der Waals surface area contributed by atoms with Gasteiger partial charge in [0.15, 0.2) is 0 Å². The summed E-state index contributed by atoms with van der Waals surface area (Å²) in [5.41, 5.74) is 6.68. The van der Waals surface area contributed by atoms with E-state index in [0.717, 1.165) is 6.07 Å². The first kappa shape index (κ1) is 14.1. The molecular weight excluding hydrogens is 283 g/mol. The molecule has 6 heteroatoms. The van der Waals surface area contributed by atoms with Crippen LogP contribution < -0.4 is 11.1 Å². The molecule has 4 nitrogen and oxygen atoms in total. The number of phenols is 1. The molecule has 0 unspecified atom stereocenters. The number of aromatic hydroxyl groups is 1. The second-order valence-electron chi connectivity index (χ2n) is 4.28. The minimum atomic E-state index is -0.804. The number of anilines is 2. The van der Waals surface area contributed by atoms with E-state index in [1.54, 1.807) is 13.0 Å². The number of nitrogens with one attached hydrogen (secondary N) is 1. The number of halogens is 2. The first-order valence-corrected chi connectivity index (χ1v) is 6.12. The van der Waals surface area contributed by atoms with Crippen LogP contribution in [0.5, 0.6) is 5.75 Å². The van der Waals surface area contributed by atoms with Gasteiger partial charge >= 0.3 is 0 Å². The third kappa shape index (κ3) is 2.67. The van der Waals surface area contributed by atoms with Gasteiger partial charge in [-0.25, -0.2) is 4.39 Å². The zero-order valence-corrected chi connectivity index (χ0v) is 11.3. The van der Waals surface area contributed by atoms with Crippen LogP contribution in [0.15, 0.2) is 30.3 Å². The first-order chi connectivity index (χ1) is 9.40. The predicted octanol–water partition coefficient (Wildman–Crippen LogP) is 3.33. The number of benzene rings is 2. The molecular formula is C14H12ClFN2O2. The van der Waals surface area contributed by atoms with Crippen LogP contribution in [0, 0.1) is 12.7 Å². The number of rotatable bonds is 2. The maximum absolute atomic E-state index is 13.6. The largest absolute Gasteiger partial charge is 0.507 e. The molecule has 0 aromatic heterocycles. The van der Waals surface area contributed by atoms with Crippen molar-refractivity contribution in [2.75, 3.05) is 11.1 Å². The van der Waals surface area contributed by atoms with Crippen LogP contribution in [0.3, 0.4) is 0 Å². The van der Waals surface area contributed by atoms with E-state index < -0.39 is 23.0 Å². The quantitative estimate of drug-likeness (QED) is 0.744. The fourth-order valence-corrected chi connectivity index (χ4v) is 1.92. The molecule has 20 heavy (non-hydrogen) atoms. The number of amides is 1. The molecule has 0 bridgehead atoms. The van der Waals surface area contributed by atoms with E-state index in [4.69, 9.17) is 17.3 Å². The summed E-state index contributed by atoms with van der Waals surface area (Å²) in [7, 11) is 0. The maximum atomic E-state index is 13.6. The molecule has 104 valence electrons. The molecule has 2 aromatic carbocycles. The van der Waals surface area contributed by atoms with Crippen molar-refractivity contribution in [2.45, 2.75) is 6.92 Å². The summed E-state index contributed by atoms with van der Waals surface area (Å²) < 4.78 is 13.6. The van der Waals surface area contributed by atoms with Crippen LogP contribution >= 0.6 is 11.6 Å². The summed E-state index contributed by atoms with van der Waals surface area (Å²) in [6.45, 7) is 1.73. The number of carbonyl (C=O) groups excluding carboxylic acids is 1. The highest BCUT2D eigenvalue weighted by Gasteiger charge is 2.17. The van der Waals surface area contributed by atoms with Gasteiger partial charge in [-0.1, -0.05) is 17.7 Å². The fraction of sp³-hybridized carbons (Fsp3) is 0.0714. The predicted molar refractivity (Wildman–Crippen MR) is 76.6 cm³/mol. The van der Waals surface area contributed by atoms with Crippen molar-refractivity contribution in [3.05, 3.63) is 52.3 Å². The number of hydrogen-bond acceptors (Lipinski definition) is 3. The fourth-order valence-electron chi connectivity index (χ4n) is 1.76. The number of phenolic OH excluding ortho intramolecular Hbond substituents is 1. The topological polar surface area (TPSA) is 75.3 Å². The summed E-state index contributed by atoms with van der Waals surface area (Å²) >= 11 is 5.88. The molecule has 0 aliphatic heterocycles. The van der Waals surface area contributed by atoms with Crippen LogP contribution in [-0.2, 0) is 0 Å². The molecule has 2 rings (SSSR count). The minimum Gasteiger partial charge on any atom is -0.507 e. The molecule has 0 spiro atoms. The monoisotopic (exact) mass is 294 g/mol. The zero-order chi connectivity index (χ0) is 14.9. The van der Waals surface area contributed by atoms with Gasteiger partial charge < -0.3 is 16.2 Å². The van der Waals surface area contributed by atoms with Gasteiger partial charge in [0.05, 0.1) is 10.7 Å². The Morgan fingerprint density at radius 3 is 2.75 bits per heavy atom. The van der Waals surface area contributed by atoms with Gasteiger partial charge in [-0.15, -0.1) is 0 Å². The normalized spacial score (nSPS) is 10.3. The lowest BCUT2D eigenvalue weighted by Gasteiger charge is -2.11. The van der Waals surface area contributed by atoms with Gasteiger partial charge in [-0.05, 0) is 36.8 Å². The minimum absolute atomic E-state index is 0.281. The van der Waals surface area contributed by atoms with Gasteiger partial charge in [-0.3, -0.25) is 4.79 Å². The number of carbonyl (C=O) groups is 1. The highest BCUT2D eigenvalue weighted by atomic mass is 35.5. The van der Waals surface area contributed by atoms with Gasteiger partial charge in [0.2, 0.25) is 0 Å². The summed E-state index contributed by atoms with van der Waals surface area (Å²) in [6.07, 6.45) is 0. The average Bonchev–Trinajstić information content (AvgIpc) is 2.35. The molecule has 2 aromatic rings. The Balaban J connectivity index is 2.35. The van der Waals surface area contributed by atoms with E-state index >= 15 is 0 Å². The molecule has 0 aliphatic rings. The van der Waals surface area contributed by atoms with Crippen LogP contribution in [-0.4, -0.2) is 11.0 Å². The number of nitrogens with two attached hydrogens (primary N) is 1. The number of nitrogen functional groups attached to an aromatic ring is 1. The highest BCUT2D eigenvalue weighted by molar-refractivity contribution is 6.33. The van der Waals surface area contributed by atoms with Crippen molar-refractivity contribution in [1.82, 2.24) is 0 Å². The lowest BCUT2D eigenvalue weighted by atomic mass is 10.1. The van der Waals surface area contributed by atoms with Crippen molar-refractivity contribution in [2.24, 2.45) is 0 Å². The molecule has 1 amide bonds. The second-order valence-corrected chi connectivity index (χ2v) is 4.68. The SMILES string of the molecule is Cc1cc(N)c(Cl)cc1NC(=O)c1c(O)cccc1F. The van der Waals surface area contributed by atoms with Crippen LogP contribution in [0.25, 0.3) is 0 Å². The highest BCUT2D eigenvalue weighted by Crippen LogP contribution is 2.28. The number of aryl methyl sites for hydroxylation is 1. The van der Waals surface area contributed by atoms with Crippen molar-refractivity contribution in [3.63, 3.8) is 0 Å². The molecule has 0 saturated heterocycles. The van der Waals surface area contributed by atoms with Crippen molar-refractivity contribution in [3.8, 4) is 5.75 Å².